The summed E-state index contributed by atoms with van der Waals surface area (Å²) in [6, 6.07) is 0. The molecule has 0 atom stereocenters. The first-order valence-corrected chi connectivity index (χ1v) is 2.97. The summed E-state index contributed by atoms with van der Waals surface area (Å²) in [5.41, 5.74) is 0. The first-order valence-electron chi connectivity index (χ1n) is 2.97. The molecule has 56 valence electrons. The molecule has 0 spiro atoms. The summed E-state index contributed by atoms with van der Waals surface area (Å²) in [5.74, 6) is -0.103. The highest BCUT2D eigenvalue weighted by molar-refractivity contribution is 5.73. The Hall–Kier alpha value is -1.09. The number of carbonyl (C=O) groups excluding carboxylic acids is 1. The van der Waals surface area contributed by atoms with Crippen molar-refractivity contribution in [2.24, 2.45) is 0 Å². The van der Waals surface area contributed by atoms with Crippen LogP contribution in [0.4, 0.5) is 0 Å². The van der Waals surface area contributed by atoms with Crippen molar-refractivity contribution < 1.29 is 9.90 Å². The minimum absolute atomic E-state index is 0.0183. The van der Waals surface area contributed by atoms with E-state index in [0.29, 0.717) is 0 Å². The van der Waals surface area contributed by atoms with Crippen molar-refractivity contribution in [3.63, 3.8) is 0 Å². The number of aliphatic hydroxyl groups is 1. The van der Waals surface area contributed by atoms with Crippen LogP contribution in [0.5, 0.6) is 0 Å². The lowest BCUT2D eigenvalue weighted by Crippen LogP contribution is -2.10. The molecule has 0 saturated heterocycles. The highest BCUT2D eigenvalue weighted by Gasteiger charge is 1.78. The zero-order valence-electron chi connectivity index (χ0n) is 5.87. The smallest absolute Gasteiger partial charge is 0.220 e. The molecule has 2 N–H and O–H groups in total. The molecule has 0 aromatic rings. The van der Waals surface area contributed by atoms with Crippen molar-refractivity contribution in [1.29, 1.82) is 0 Å². The maximum atomic E-state index is 10.2. The Balaban J connectivity index is 3.37. The Labute approximate surface area is 60.1 Å². The number of amides is 1. The lowest BCUT2D eigenvalue weighted by Gasteiger charge is -1.86. The second-order valence-corrected chi connectivity index (χ2v) is 1.67. The molecule has 1 amide bonds. The van der Waals surface area contributed by atoms with Crippen LogP contribution in [-0.2, 0) is 4.79 Å². The number of hydrogen-bond acceptors (Lipinski definition) is 2. The fourth-order valence-corrected chi connectivity index (χ4v) is 0.360. The fraction of sp³-hybridized carbons (Fsp3) is 0.286. The van der Waals surface area contributed by atoms with E-state index in [-0.39, 0.29) is 12.5 Å². The summed E-state index contributed by atoms with van der Waals surface area (Å²) >= 11 is 0. The number of aliphatic hydroxyl groups excluding tert-OH is 1. The van der Waals surface area contributed by atoms with Gasteiger partial charge in [-0.2, -0.15) is 0 Å². The molecule has 0 rings (SSSR count). The molecule has 0 saturated carbocycles. The SMILES string of the molecule is CC(=O)N/C=C/C=C\CO. The summed E-state index contributed by atoms with van der Waals surface area (Å²) in [4.78, 5) is 10.2. The third kappa shape index (κ3) is 6.91. The monoisotopic (exact) mass is 141 g/mol. The summed E-state index contributed by atoms with van der Waals surface area (Å²) in [6.07, 6.45) is 6.36. The minimum Gasteiger partial charge on any atom is -0.392 e. The fourth-order valence-electron chi connectivity index (χ4n) is 0.360. The average Bonchev–Trinajstić information content (AvgIpc) is 1.87. The molecule has 0 aliphatic heterocycles. The van der Waals surface area contributed by atoms with Crippen LogP contribution in [0.3, 0.4) is 0 Å². The van der Waals surface area contributed by atoms with Gasteiger partial charge in [0, 0.05) is 13.1 Å². The quantitative estimate of drug-likeness (QED) is 0.551. The summed E-state index contributed by atoms with van der Waals surface area (Å²) in [5, 5.41) is 10.7. The molecule has 0 aromatic heterocycles. The molecule has 0 radical (unpaired) electrons. The van der Waals surface area contributed by atoms with E-state index in [1.54, 1.807) is 18.2 Å². The van der Waals surface area contributed by atoms with Gasteiger partial charge in [-0.1, -0.05) is 12.2 Å². The highest BCUT2D eigenvalue weighted by Crippen LogP contribution is 1.73. The maximum Gasteiger partial charge on any atom is 0.220 e. The molecule has 0 heterocycles. The maximum absolute atomic E-state index is 10.2. The molecule has 0 aliphatic carbocycles. The van der Waals surface area contributed by atoms with Gasteiger partial charge >= 0.3 is 0 Å². The number of carbonyl (C=O) groups is 1. The second-order valence-electron chi connectivity index (χ2n) is 1.67. The Morgan fingerprint density at radius 1 is 1.60 bits per heavy atom. The van der Waals surface area contributed by atoms with Gasteiger partial charge in [0.1, 0.15) is 0 Å². The summed E-state index contributed by atoms with van der Waals surface area (Å²) in [6.45, 7) is 1.45. The molecule has 0 bridgehead atoms. The Bertz CT molecular complexity index is 150. The highest BCUT2D eigenvalue weighted by atomic mass is 16.2. The average molecular weight is 141 g/mol. The van der Waals surface area contributed by atoms with Crippen molar-refractivity contribution in [2.45, 2.75) is 6.92 Å². The van der Waals surface area contributed by atoms with Gasteiger partial charge in [-0.25, -0.2) is 0 Å². The number of rotatable bonds is 3. The standard InChI is InChI=1S/C7H11NO2/c1-7(10)8-5-3-2-4-6-9/h2-5,9H,6H2,1H3,(H,8,10)/b4-2-,5-3+. The van der Waals surface area contributed by atoms with Crippen LogP contribution in [0.1, 0.15) is 6.92 Å². The molecule has 0 aliphatic rings. The van der Waals surface area contributed by atoms with Crippen molar-refractivity contribution in [3.05, 3.63) is 24.4 Å². The van der Waals surface area contributed by atoms with Crippen molar-refractivity contribution in [1.82, 2.24) is 5.32 Å². The van der Waals surface area contributed by atoms with Gasteiger partial charge < -0.3 is 10.4 Å². The van der Waals surface area contributed by atoms with Gasteiger partial charge in [0.15, 0.2) is 0 Å². The summed E-state index contributed by atoms with van der Waals surface area (Å²) in [7, 11) is 0. The van der Waals surface area contributed by atoms with Crippen molar-refractivity contribution >= 4 is 5.91 Å². The van der Waals surface area contributed by atoms with E-state index in [4.69, 9.17) is 5.11 Å². The predicted molar refractivity (Wildman–Crippen MR) is 39.2 cm³/mol. The third-order valence-corrected chi connectivity index (χ3v) is 0.735. The van der Waals surface area contributed by atoms with E-state index in [1.165, 1.54) is 13.1 Å². The van der Waals surface area contributed by atoms with Gasteiger partial charge in [0.2, 0.25) is 5.91 Å². The zero-order valence-corrected chi connectivity index (χ0v) is 5.87. The van der Waals surface area contributed by atoms with Crippen LogP contribution in [0.25, 0.3) is 0 Å². The van der Waals surface area contributed by atoms with Gasteiger partial charge in [-0.05, 0) is 6.08 Å². The van der Waals surface area contributed by atoms with Crippen molar-refractivity contribution in [3.8, 4) is 0 Å². The van der Waals surface area contributed by atoms with Gasteiger partial charge in [-0.15, -0.1) is 0 Å². The molecule has 0 fully saturated rings. The third-order valence-electron chi connectivity index (χ3n) is 0.735. The molecular formula is C7H11NO2. The topological polar surface area (TPSA) is 49.3 Å². The van der Waals surface area contributed by atoms with Crippen LogP contribution in [0, 0.1) is 0 Å². The van der Waals surface area contributed by atoms with Crippen LogP contribution in [0.15, 0.2) is 24.4 Å². The summed E-state index contributed by atoms with van der Waals surface area (Å²) < 4.78 is 0. The molecule has 0 aromatic carbocycles. The van der Waals surface area contributed by atoms with Gasteiger partial charge in [0.25, 0.3) is 0 Å². The normalized spacial score (nSPS) is 11.0. The van der Waals surface area contributed by atoms with E-state index in [1.807, 2.05) is 0 Å². The van der Waals surface area contributed by atoms with E-state index in [2.05, 4.69) is 5.32 Å². The van der Waals surface area contributed by atoms with Gasteiger partial charge in [-0.3, -0.25) is 4.79 Å². The number of nitrogens with one attached hydrogen (secondary N) is 1. The van der Waals surface area contributed by atoms with E-state index >= 15 is 0 Å². The van der Waals surface area contributed by atoms with Crippen molar-refractivity contribution in [2.75, 3.05) is 6.61 Å². The second kappa shape index (κ2) is 6.04. The molecular weight excluding hydrogens is 130 g/mol. The van der Waals surface area contributed by atoms with Crippen LogP contribution in [-0.4, -0.2) is 17.6 Å². The van der Waals surface area contributed by atoms with E-state index < -0.39 is 0 Å². The predicted octanol–water partition coefficient (Wildman–Crippen LogP) is 0.185. The lowest BCUT2D eigenvalue weighted by atomic mass is 10.5. The molecule has 3 nitrogen and oxygen atoms in total. The van der Waals surface area contributed by atoms with Crippen LogP contribution >= 0.6 is 0 Å². The zero-order chi connectivity index (χ0) is 7.82. The number of allylic oxidation sites excluding steroid dienone is 2. The molecule has 3 heteroatoms. The Morgan fingerprint density at radius 2 is 2.30 bits per heavy atom. The molecule has 0 unspecified atom stereocenters. The Kier molecular flexibility index (Phi) is 5.38. The lowest BCUT2D eigenvalue weighted by molar-refractivity contribution is -0.118. The Morgan fingerprint density at radius 3 is 2.80 bits per heavy atom. The van der Waals surface area contributed by atoms with E-state index in [0.717, 1.165) is 0 Å². The van der Waals surface area contributed by atoms with Crippen LogP contribution < -0.4 is 5.32 Å². The van der Waals surface area contributed by atoms with Gasteiger partial charge in [0.05, 0.1) is 6.61 Å². The molecule has 10 heavy (non-hydrogen) atoms. The number of hydrogen-bond donors (Lipinski definition) is 2. The minimum atomic E-state index is -0.103. The first kappa shape index (κ1) is 8.91. The largest absolute Gasteiger partial charge is 0.392 e. The van der Waals surface area contributed by atoms with Crippen LogP contribution in [0.2, 0.25) is 0 Å². The first-order chi connectivity index (χ1) is 4.77. The van der Waals surface area contributed by atoms with E-state index in [9.17, 15) is 4.79 Å².